The molecule has 0 radical (unpaired) electrons. The van der Waals surface area contributed by atoms with E-state index in [1.54, 1.807) is 0 Å². The molecule has 1 aromatic carbocycles. The van der Waals surface area contributed by atoms with Gasteiger partial charge in [-0.25, -0.2) is 9.79 Å². The molecule has 0 heterocycles. The van der Waals surface area contributed by atoms with E-state index in [1.807, 2.05) is 24.3 Å². The van der Waals surface area contributed by atoms with Gasteiger partial charge in [-0.15, -0.1) is 12.6 Å². The maximum absolute atomic E-state index is 9.77. The van der Waals surface area contributed by atoms with Crippen LogP contribution in [0.4, 0.5) is 0 Å². The Bertz CT molecular complexity index is 292. The minimum absolute atomic E-state index is 0.364. The fourth-order valence-corrected chi connectivity index (χ4v) is 0.993. The van der Waals surface area contributed by atoms with Gasteiger partial charge in [0.05, 0.1) is 6.54 Å². The van der Waals surface area contributed by atoms with Crippen LogP contribution in [0.5, 0.6) is 0 Å². The SMILES string of the molecule is O=C=NCc1ccccc1S. The Morgan fingerprint density at radius 2 is 2.18 bits per heavy atom. The van der Waals surface area contributed by atoms with Crippen molar-refractivity contribution < 1.29 is 4.79 Å². The van der Waals surface area contributed by atoms with Crippen LogP contribution in [0, 0.1) is 0 Å². The van der Waals surface area contributed by atoms with Gasteiger partial charge in [0.15, 0.2) is 0 Å². The van der Waals surface area contributed by atoms with Crippen molar-refractivity contribution in [1.82, 2.24) is 0 Å². The minimum atomic E-state index is 0.364. The highest BCUT2D eigenvalue weighted by molar-refractivity contribution is 7.80. The molecule has 56 valence electrons. The molecule has 0 unspecified atom stereocenters. The standard InChI is InChI=1S/C8H7NOS/c10-6-9-5-7-3-1-2-4-8(7)11/h1-4,11H,5H2. The highest BCUT2D eigenvalue weighted by Crippen LogP contribution is 2.12. The molecule has 1 aromatic rings. The van der Waals surface area contributed by atoms with Crippen LogP contribution in [-0.2, 0) is 11.3 Å². The van der Waals surface area contributed by atoms with Crippen LogP contribution in [0.15, 0.2) is 34.2 Å². The van der Waals surface area contributed by atoms with Gasteiger partial charge in [0.2, 0.25) is 6.08 Å². The number of rotatable bonds is 2. The summed E-state index contributed by atoms with van der Waals surface area (Å²) in [5.74, 6) is 0. The number of carbonyl (C=O) groups excluding carboxylic acids is 1. The number of hydrogen-bond donors (Lipinski definition) is 1. The van der Waals surface area contributed by atoms with E-state index in [0.717, 1.165) is 10.5 Å². The van der Waals surface area contributed by atoms with Gasteiger partial charge in [0, 0.05) is 4.90 Å². The summed E-state index contributed by atoms with van der Waals surface area (Å²) in [5, 5.41) is 0. The average Bonchev–Trinajstić information content (AvgIpc) is 2.03. The highest BCUT2D eigenvalue weighted by Gasteiger charge is 1.93. The Hall–Kier alpha value is -1.05. The number of isocyanates is 1. The molecular weight excluding hydrogens is 158 g/mol. The first-order valence-corrected chi connectivity index (χ1v) is 3.60. The fourth-order valence-electron chi connectivity index (χ4n) is 0.762. The van der Waals surface area contributed by atoms with Gasteiger partial charge in [-0.05, 0) is 11.6 Å². The summed E-state index contributed by atoms with van der Waals surface area (Å²) in [4.78, 5) is 14.1. The van der Waals surface area contributed by atoms with Crippen molar-refractivity contribution in [3.63, 3.8) is 0 Å². The Balaban J connectivity index is 2.85. The monoisotopic (exact) mass is 165 g/mol. The van der Waals surface area contributed by atoms with Crippen molar-refractivity contribution in [3.05, 3.63) is 29.8 Å². The molecule has 0 atom stereocenters. The Kier molecular flexibility index (Phi) is 2.90. The molecule has 0 saturated heterocycles. The molecule has 11 heavy (non-hydrogen) atoms. The van der Waals surface area contributed by atoms with Crippen molar-refractivity contribution in [1.29, 1.82) is 0 Å². The number of hydrogen-bond acceptors (Lipinski definition) is 3. The zero-order chi connectivity index (χ0) is 8.10. The predicted octanol–water partition coefficient (Wildman–Crippen LogP) is 1.81. The summed E-state index contributed by atoms with van der Waals surface area (Å²) < 4.78 is 0. The molecule has 0 aliphatic heterocycles. The first kappa shape index (κ1) is 8.05. The number of thiol groups is 1. The summed E-state index contributed by atoms with van der Waals surface area (Å²) in [6.07, 6.45) is 1.48. The van der Waals surface area contributed by atoms with E-state index in [1.165, 1.54) is 6.08 Å². The zero-order valence-electron chi connectivity index (χ0n) is 5.82. The summed E-state index contributed by atoms with van der Waals surface area (Å²) in [5.41, 5.74) is 0.944. The Morgan fingerprint density at radius 3 is 2.82 bits per heavy atom. The molecule has 0 aliphatic carbocycles. The third-order valence-corrected chi connectivity index (χ3v) is 1.74. The van der Waals surface area contributed by atoms with E-state index in [0.29, 0.717) is 6.54 Å². The van der Waals surface area contributed by atoms with Gasteiger partial charge in [-0.2, -0.15) is 0 Å². The van der Waals surface area contributed by atoms with Crippen molar-refractivity contribution in [2.45, 2.75) is 11.4 Å². The summed E-state index contributed by atoms with van der Waals surface area (Å²) in [7, 11) is 0. The van der Waals surface area contributed by atoms with Crippen LogP contribution in [0.25, 0.3) is 0 Å². The lowest BCUT2D eigenvalue weighted by molar-refractivity contribution is 0.562. The maximum atomic E-state index is 9.77. The van der Waals surface area contributed by atoms with Crippen molar-refractivity contribution in [2.24, 2.45) is 4.99 Å². The van der Waals surface area contributed by atoms with E-state index in [-0.39, 0.29) is 0 Å². The molecule has 0 aliphatic rings. The first-order chi connectivity index (χ1) is 5.34. The third-order valence-electron chi connectivity index (χ3n) is 1.31. The first-order valence-electron chi connectivity index (χ1n) is 3.15. The second kappa shape index (κ2) is 3.96. The van der Waals surface area contributed by atoms with Crippen LogP contribution in [-0.4, -0.2) is 6.08 Å². The molecule has 0 fully saturated rings. The highest BCUT2D eigenvalue weighted by atomic mass is 32.1. The Labute approximate surface area is 70.4 Å². The fraction of sp³-hybridized carbons (Fsp3) is 0.125. The van der Waals surface area contributed by atoms with Crippen molar-refractivity contribution in [3.8, 4) is 0 Å². The average molecular weight is 165 g/mol. The van der Waals surface area contributed by atoms with Gasteiger partial charge >= 0.3 is 0 Å². The van der Waals surface area contributed by atoms with E-state index < -0.39 is 0 Å². The van der Waals surface area contributed by atoms with Crippen LogP contribution >= 0.6 is 12.6 Å². The molecular formula is C8H7NOS. The van der Waals surface area contributed by atoms with E-state index in [4.69, 9.17) is 0 Å². The van der Waals surface area contributed by atoms with Gasteiger partial charge < -0.3 is 0 Å². The van der Waals surface area contributed by atoms with Gasteiger partial charge in [-0.1, -0.05) is 18.2 Å². The van der Waals surface area contributed by atoms with E-state index >= 15 is 0 Å². The number of aliphatic imine (C=N–C) groups is 1. The second-order valence-corrected chi connectivity index (χ2v) is 2.52. The molecule has 0 bridgehead atoms. The normalized spacial score (nSPS) is 8.82. The largest absolute Gasteiger partial charge is 0.235 e. The molecule has 0 spiro atoms. The summed E-state index contributed by atoms with van der Waals surface area (Å²) in [6.45, 7) is 0.364. The smallest absolute Gasteiger partial charge is 0.211 e. The van der Waals surface area contributed by atoms with Crippen LogP contribution < -0.4 is 0 Å². The molecule has 1 rings (SSSR count). The van der Waals surface area contributed by atoms with Gasteiger partial charge in [0.25, 0.3) is 0 Å². The molecule has 0 saturated carbocycles. The van der Waals surface area contributed by atoms with Crippen molar-refractivity contribution >= 4 is 18.7 Å². The number of benzene rings is 1. The quantitative estimate of drug-likeness (QED) is 0.404. The van der Waals surface area contributed by atoms with Gasteiger partial charge in [0.1, 0.15) is 0 Å². The molecule has 0 aromatic heterocycles. The lowest BCUT2D eigenvalue weighted by Gasteiger charge is -1.97. The number of nitrogens with zero attached hydrogens (tertiary/aromatic N) is 1. The Morgan fingerprint density at radius 1 is 1.45 bits per heavy atom. The topological polar surface area (TPSA) is 29.4 Å². The molecule has 0 N–H and O–H groups in total. The van der Waals surface area contributed by atoms with Crippen molar-refractivity contribution in [2.75, 3.05) is 0 Å². The lowest BCUT2D eigenvalue weighted by atomic mass is 10.2. The maximum Gasteiger partial charge on any atom is 0.235 e. The zero-order valence-corrected chi connectivity index (χ0v) is 6.71. The van der Waals surface area contributed by atoms with Crippen LogP contribution in [0.1, 0.15) is 5.56 Å². The van der Waals surface area contributed by atoms with Gasteiger partial charge in [-0.3, -0.25) is 0 Å². The van der Waals surface area contributed by atoms with E-state index in [9.17, 15) is 4.79 Å². The summed E-state index contributed by atoms with van der Waals surface area (Å²) >= 11 is 4.18. The molecule has 2 nitrogen and oxygen atoms in total. The molecule has 3 heteroatoms. The van der Waals surface area contributed by atoms with E-state index in [2.05, 4.69) is 17.6 Å². The van der Waals surface area contributed by atoms with Crippen LogP contribution in [0.2, 0.25) is 0 Å². The minimum Gasteiger partial charge on any atom is -0.211 e. The summed E-state index contributed by atoms with van der Waals surface area (Å²) in [6, 6.07) is 7.51. The van der Waals surface area contributed by atoms with Crippen LogP contribution in [0.3, 0.4) is 0 Å². The second-order valence-electron chi connectivity index (χ2n) is 2.04. The third kappa shape index (κ3) is 2.22. The molecule has 0 amide bonds. The predicted molar refractivity (Wildman–Crippen MR) is 45.5 cm³/mol. The lowest BCUT2D eigenvalue weighted by Crippen LogP contribution is -1.81.